The smallest absolute Gasteiger partial charge is 0.274 e. The van der Waals surface area contributed by atoms with Crippen molar-refractivity contribution in [1.29, 1.82) is 0 Å². The number of carbonyl (C=O) groups excluding carboxylic acids is 1. The fourth-order valence-corrected chi connectivity index (χ4v) is 2.48. The van der Waals surface area contributed by atoms with Gasteiger partial charge in [-0.1, -0.05) is 13.8 Å². The number of hydrogen-bond donors (Lipinski definition) is 1. The molecule has 0 aliphatic carbocycles. The number of anilines is 1. The number of rotatable bonds is 4. The average Bonchev–Trinajstić information content (AvgIpc) is 2.76. The Labute approximate surface area is 120 Å². The van der Waals surface area contributed by atoms with E-state index in [1.807, 2.05) is 4.90 Å². The molecule has 2 heterocycles. The van der Waals surface area contributed by atoms with Gasteiger partial charge in [0, 0.05) is 33.2 Å². The van der Waals surface area contributed by atoms with Gasteiger partial charge in [0.1, 0.15) is 5.69 Å². The van der Waals surface area contributed by atoms with E-state index >= 15 is 0 Å². The van der Waals surface area contributed by atoms with Gasteiger partial charge in [-0.05, 0) is 18.9 Å². The number of aryl methyl sites for hydroxylation is 1. The third-order valence-electron chi connectivity index (χ3n) is 3.85. The van der Waals surface area contributed by atoms with Crippen LogP contribution >= 0.6 is 0 Å². The van der Waals surface area contributed by atoms with Crippen LogP contribution in [0.25, 0.3) is 0 Å². The Morgan fingerprint density at radius 3 is 2.50 bits per heavy atom. The predicted molar refractivity (Wildman–Crippen MR) is 79.4 cm³/mol. The maximum absolute atomic E-state index is 12.4. The number of hydrogen-bond acceptors (Lipinski definition) is 4. The first kappa shape index (κ1) is 14.8. The summed E-state index contributed by atoms with van der Waals surface area (Å²) in [5.41, 5.74) is 6.77. The van der Waals surface area contributed by atoms with E-state index < -0.39 is 0 Å². The first-order valence-corrected chi connectivity index (χ1v) is 7.28. The lowest BCUT2D eigenvalue weighted by Crippen LogP contribution is -2.49. The number of nitrogen functional groups attached to an aromatic ring is 1. The maximum Gasteiger partial charge on any atom is 0.274 e. The Balaban J connectivity index is 1.89. The van der Waals surface area contributed by atoms with Crippen LogP contribution in [-0.2, 0) is 7.05 Å². The summed E-state index contributed by atoms with van der Waals surface area (Å²) in [6.45, 7) is 9.01. The van der Waals surface area contributed by atoms with Crippen LogP contribution in [0.3, 0.4) is 0 Å². The van der Waals surface area contributed by atoms with Crippen LogP contribution in [0.1, 0.15) is 30.8 Å². The minimum Gasteiger partial charge on any atom is -0.396 e. The minimum absolute atomic E-state index is 0.00832. The summed E-state index contributed by atoms with van der Waals surface area (Å²) in [6, 6.07) is 0. The molecule has 1 aromatic heterocycles. The van der Waals surface area contributed by atoms with Crippen molar-refractivity contribution < 1.29 is 4.79 Å². The summed E-state index contributed by atoms with van der Waals surface area (Å²) in [5.74, 6) is 0.718. The van der Waals surface area contributed by atoms with Crippen LogP contribution in [0.5, 0.6) is 0 Å². The molecule has 6 nitrogen and oxygen atoms in total. The number of amides is 1. The molecule has 1 aliphatic rings. The largest absolute Gasteiger partial charge is 0.396 e. The van der Waals surface area contributed by atoms with E-state index in [4.69, 9.17) is 5.73 Å². The second-order valence-electron chi connectivity index (χ2n) is 5.89. The molecule has 2 rings (SSSR count). The van der Waals surface area contributed by atoms with Gasteiger partial charge < -0.3 is 10.6 Å². The van der Waals surface area contributed by atoms with Gasteiger partial charge in [-0.15, -0.1) is 0 Å². The van der Waals surface area contributed by atoms with Crippen molar-refractivity contribution in [2.75, 3.05) is 38.5 Å². The number of piperazine rings is 1. The number of nitrogens with two attached hydrogens (primary N) is 1. The quantitative estimate of drug-likeness (QED) is 0.885. The molecule has 1 saturated heterocycles. The highest BCUT2D eigenvalue weighted by Crippen LogP contribution is 2.14. The van der Waals surface area contributed by atoms with Crippen molar-refractivity contribution in [3.63, 3.8) is 0 Å². The summed E-state index contributed by atoms with van der Waals surface area (Å²) in [7, 11) is 1.75. The molecule has 1 aromatic rings. The third-order valence-corrected chi connectivity index (χ3v) is 3.85. The molecule has 1 amide bonds. The lowest BCUT2D eigenvalue weighted by Gasteiger charge is -2.35. The Hall–Kier alpha value is -1.56. The zero-order valence-corrected chi connectivity index (χ0v) is 12.7. The summed E-state index contributed by atoms with van der Waals surface area (Å²) in [6.07, 6.45) is 2.74. The van der Waals surface area contributed by atoms with E-state index in [1.165, 1.54) is 12.6 Å². The third kappa shape index (κ3) is 3.30. The summed E-state index contributed by atoms with van der Waals surface area (Å²) < 4.78 is 1.56. The molecule has 0 aromatic carbocycles. The minimum atomic E-state index is -0.00832. The van der Waals surface area contributed by atoms with E-state index in [2.05, 4.69) is 23.8 Å². The molecule has 0 saturated carbocycles. The van der Waals surface area contributed by atoms with Gasteiger partial charge in [0.2, 0.25) is 0 Å². The molecule has 112 valence electrons. The van der Waals surface area contributed by atoms with Crippen LogP contribution in [0.2, 0.25) is 0 Å². The monoisotopic (exact) mass is 279 g/mol. The molecule has 2 N–H and O–H groups in total. The van der Waals surface area contributed by atoms with Crippen LogP contribution < -0.4 is 5.73 Å². The van der Waals surface area contributed by atoms with Crippen molar-refractivity contribution in [3.8, 4) is 0 Å². The Kier molecular flexibility index (Phi) is 4.65. The molecular formula is C14H25N5O. The topological polar surface area (TPSA) is 67.4 Å². The molecular weight excluding hydrogens is 254 g/mol. The molecule has 0 atom stereocenters. The van der Waals surface area contributed by atoms with Crippen LogP contribution in [0.15, 0.2) is 6.20 Å². The van der Waals surface area contributed by atoms with E-state index in [-0.39, 0.29) is 5.91 Å². The van der Waals surface area contributed by atoms with Crippen molar-refractivity contribution in [1.82, 2.24) is 19.6 Å². The van der Waals surface area contributed by atoms with Gasteiger partial charge in [0.25, 0.3) is 5.91 Å². The first-order valence-electron chi connectivity index (χ1n) is 7.28. The van der Waals surface area contributed by atoms with Gasteiger partial charge >= 0.3 is 0 Å². The maximum atomic E-state index is 12.4. The van der Waals surface area contributed by atoms with Gasteiger partial charge in [0.15, 0.2) is 0 Å². The number of carbonyl (C=O) groups is 1. The second kappa shape index (κ2) is 6.26. The molecule has 0 bridgehead atoms. The molecule has 0 radical (unpaired) electrons. The highest BCUT2D eigenvalue weighted by atomic mass is 16.2. The lowest BCUT2D eigenvalue weighted by molar-refractivity contribution is 0.0622. The van der Waals surface area contributed by atoms with Crippen molar-refractivity contribution >= 4 is 11.6 Å². The average molecular weight is 279 g/mol. The highest BCUT2D eigenvalue weighted by Gasteiger charge is 2.25. The van der Waals surface area contributed by atoms with Crippen LogP contribution in [0.4, 0.5) is 5.69 Å². The first-order chi connectivity index (χ1) is 9.49. The second-order valence-corrected chi connectivity index (χ2v) is 5.89. The van der Waals surface area contributed by atoms with E-state index in [0.717, 1.165) is 38.6 Å². The molecule has 0 spiro atoms. The fraction of sp³-hybridized carbons (Fsp3) is 0.714. The van der Waals surface area contributed by atoms with Crippen molar-refractivity contribution in [2.45, 2.75) is 20.3 Å². The van der Waals surface area contributed by atoms with Crippen LogP contribution in [0, 0.1) is 5.92 Å². The van der Waals surface area contributed by atoms with E-state index in [0.29, 0.717) is 11.4 Å². The summed E-state index contributed by atoms with van der Waals surface area (Å²) in [4.78, 5) is 16.7. The number of aromatic nitrogens is 2. The Bertz CT molecular complexity index is 441. The Morgan fingerprint density at radius 2 is 2.00 bits per heavy atom. The molecule has 1 aliphatic heterocycles. The number of nitrogens with zero attached hydrogens (tertiary/aromatic N) is 4. The lowest BCUT2D eigenvalue weighted by atomic mass is 10.1. The van der Waals surface area contributed by atoms with E-state index in [1.54, 1.807) is 11.7 Å². The van der Waals surface area contributed by atoms with Crippen LogP contribution in [-0.4, -0.2) is 58.2 Å². The Morgan fingerprint density at radius 1 is 1.35 bits per heavy atom. The zero-order chi connectivity index (χ0) is 14.7. The normalized spacial score (nSPS) is 16.9. The standard InChI is InChI=1S/C14H25N5O/c1-11(2)4-5-18-6-8-19(9-7-18)14(20)13-12(15)10-16-17(13)3/h10-11H,4-9,15H2,1-3H3. The van der Waals surface area contributed by atoms with Gasteiger partial charge in [-0.3, -0.25) is 14.4 Å². The van der Waals surface area contributed by atoms with Gasteiger partial charge in [-0.2, -0.15) is 5.10 Å². The highest BCUT2D eigenvalue weighted by molar-refractivity contribution is 5.97. The molecule has 20 heavy (non-hydrogen) atoms. The van der Waals surface area contributed by atoms with Crippen molar-refractivity contribution in [3.05, 3.63) is 11.9 Å². The fourth-order valence-electron chi connectivity index (χ4n) is 2.48. The van der Waals surface area contributed by atoms with Crippen molar-refractivity contribution in [2.24, 2.45) is 13.0 Å². The summed E-state index contributed by atoms with van der Waals surface area (Å²) in [5, 5.41) is 4.03. The van der Waals surface area contributed by atoms with Gasteiger partial charge in [0.05, 0.1) is 11.9 Å². The van der Waals surface area contributed by atoms with E-state index in [9.17, 15) is 4.79 Å². The molecule has 6 heteroatoms. The SMILES string of the molecule is CC(C)CCN1CCN(C(=O)c2c(N)cnn2C)CC1. The summed E-state index contributed by atoms with van der Waals surface area (Å²) >= 11 is 0. The van der Waals surface area contributed by atoms with Gasteiger partial charge in [-0.25, -0.2) is 0 Å². The zero-order valence-electron chi connectivity index (χ0n) is 12.7. The molecule has 1 fully saturated rings. The molecule has 0 unspecified atom stereocenters. The predicted octanol–water partition coefficient (Wildman–Crippen LogP) is 0.806.